The number of benzene rings is 2. The molecule has 0 aliphatic heterocycles. The van der Waals surface area contributed by atoms with Crippen LogP contribution in [0, 0.1) is 5.82 Å². The summed E-state index contributed by atoms with van der Waals surface area (Å²) >= 11 is 0. The van der Waals surface area contributed by atoms with Gasteiger partial charge in [-0.2, -0.15) is 5.10 Å². The van der Waals surface area contributed by atoms with Gasteiger partial charge in [0.2, 0.25) is 0 Å². The van der Waals surface area contributed by atoms with Crippen LogP contribution in [0.4, 0.5) is 4.39 Å². The van der Waals surface area contributed by atoms with Gasteiger partial charge in [0.25, 0.3) is 5.91 Å². The van der Waals surface area contributed by atoms with Crippen molar-refractivity contribution in [3.05, 3.63) is 126 Å². The van der Waals surface area contributed by atoms with E-state index in [0.29, 0.717) is 36.7 Å². The summed E-state index contributed by atoms with van der Waals surface area (Å²) in [5, 5.41) is 4.26. The van der Waals surface area contributed by atoms with Gasteiger partial charge in [0.1, 0.15) is 23.7 Å². The van der Waals surface area contributed by atoms with Gasteiger partial charge >= 0.3 is 0 Å². The van der Waals surface area contributed by atoms with E-state index in [2.05, 4.69) is 15.1 Å². The summed E-state index contributed by atoms with van der Waals surface area (Å²) in [6.45, 7) is 1.11. The Morgan fingerprint density at radius 2 is 1.66 bits per heavy atom. The largest absolute Gasteiger partial charge is 0.489 e. The van der Waals surface area contributed by atoms with Crippen LogP contribution in [0.15, 0.2) is 97.7 Å². The molecule has 0 spiro atoms. The molecule has 0 bridgehead atoms. The molecule has 2 aromatic carbocycles. The average molecular weight is 468 g/mol. The predicted octanol–water partition coefficient (Wildman–Crippen LogP) is 4.69. The topological polar surface area (TPSA) is 72.6 Å². The fourth-order valence-electron chi connectivity index (χ4n) is 3.72. The highest BCUT2D eigenvalue weighted by Gasteiger charge is 2.21. The molecule has 0 saturated heterocycles. The van der Waals surface area contributed by atoms with Crippen molar-refractivity contribution in [1.29, 1.82) is 0 Å². The molecule has 0 saturated carbocycles. The number of pyridine rings is 1. The van der Waals surface area contributed by atoms with E-state index in [-0.39, 0.29) is 11.7 Å². The number of hydrogen-bond acceptors (Lipinski definition) is 5. The summed E-state index contributed by atoms with van der Waals surface area (Å²) in [7, 11) is 0. The first-order chi connectivity index (χ1) is 17.2. The van der Waals surface area contributed by atoms with E-state index in [1.54, 1.807) is 58.6 Å². The Hall–Kier alpha value is -4.59. The number of amides is 1. The van der Waals surface area contributed by atoms with Crippen molar-refractivity contribution < 1.29 is 13.9 Å². The molecule has 0 unspecified atom stereocenters. The fraction of sp³-hybridized carbons (Fsp3) is 0.111. The van der Waals surface area contributed by atoms with Gasteiger partial charge in [0.05, 0.1) is 6.20 Å². The maximum absolute atomic E-state index is 13.5. The fourth-order valence-corrected chi connectivity index (χ4v) is 3.72. The molecule has 0 radical (unpaired) electrons. The Morgan fingerprint density at radius 1 is 0.886 bits per heavy atom. The molecule has 0 N–H and O–H groups in total. The lowest BCUT2D eigenvalue weighted by Gasteiger charge is -2.22. The molecule has 3 heterocycles. The summed E-state index contributed by atoms with van der Waals surface area (Å²) < 4.78 is 20.5. The number of ether oxygens (including phenoxy) is 1. The average Bonchev–Trinajstić information content (AvgIpc) is 3.33. The van der Waals surface area contributed by atoms with E-state index in [1.807, 2.05) is 36.4 Å². The number of rotatable bonds is 8. The Labute approximate surface area is 201 Å². The van der Waals surface area contributed by atoms with Gasteiger partial charge in [-0.25, -0.2) is 13.9 Å². The molecule has 0 atom stereocenters. The first kappa shape index (κ1) is 22.2. The van der Waals surface area contributed by atoms with Crippen LogP contribution in [-0.2, 0) is 19.7 Å². The number of fused-ring (bicyclic) bond motifs is 1. The van der Waals surface area contributed by atoms with E-state index in [4.69, 9.17) is 4.74 Å². The SMILES string of the molecule is O=C(c1cnn2cccnc12)N(Cc1ccc(OCc2ccc(F)cc2)cc1)Cc1cccnc1. The van der Waals surface area contributed by atoms with Crippen LogP contribution in [0.2, 0.25) is 0 Å². The highest BCUT2D eigenvalue weighted by molar-refractivity contribution is 5.99. The number of halogens is 1. The second kappa shape index (κ2) is 10.1. The maximum Gasteiger partial charge on any atom is 0.259 e. The minimum atomic E-state index is -0.275. The minimum Gasteiger partial charge on any atom is -0.489 e. The Bertz CT molecular complexity index is 1420. The Balaban J connectivity index is 1.33. The van der Waals surface area contributed by atoms with E-state index >= 15 is 0 Å². The first-order valence-corrected chi connectivity index (χ1v) is 11.1. The molecular formula is C27H22FN5O2. The van der Waals surface area contributed by atoms with Crippen LogP contribution < -0.4 is 4.74 Å². The molecule has 35 heavy (non-hydrogen) atoms. The third-order valence-electron chi connectivity index (χ3n) is 5.51. The lowest BCUT2D eigenvalue weighted by atomic mass is 10.1. The molecular weight excluding hydrogens is 445 g/mol. The van der Waals surface area contributed by atoms with E-state index in [0.717, 1.165) is 16.7 Å². The summed E-state index contributed by atoms with van der Waals surface area (Å²) in [6.07, 6.45) is 8.41. The van der Waals surface area contributed by atoms with Gasteiger partial charge in [-0.1, -0.05) is 30.3 Å². The number of carbonyl (C=O) groups is 1. The van der Waals surface area contributed by atoms with Crippen LogP contribution in [0.3, 0.4) is 0 Å². The second-order valence-corrected chi connectivity index (χ2v) is 8.03. The zero-order valence-corrected chi connectivity index (χ0v) is 18.8. The van der Waals surface area contributed by atoms with Crippen LogP contribution in [0.1, 0.15) is 27.0 Å². The van der Waals surface area contributed by atoms with Crippen LogP contribution in [-0.4, -0.2) is 30.4 Å². The minimum absolute atomic E-state index is 0.167. The molecule has 8 heteroatoms. The van der Waals surface area contributed by atoms with Gasteiger partial charge in [-0.05, 0) is 53.1 Å². The number of hydrogen-bond donors (Lipinski definition) is 0. The highest BCUT2D eigenvalue weighted by atomic mass is 19.1. The maximum atomic E-state index is 13.5. The summed E-state index contributed by atoms with van der Waals surface area (Å²) in [4.78, 5) is 23.8. The Morgan fingerprint density at radius 3 is 2.43 bits per heavy atom. The zero-order valence-electron chi connectivity index (χ0n) is 18.8. The molecule has 174 valence electrons. The van der Waals surface area contributed by atoms with Crippen molar-refractivity contribution in [3.63, 3.8) is 0 Å². The van der Waals surface area contributed by atoms with E-state index in [9.17, 15) is 9.18 Å². The van der Waals surface area contributed by atoms with E-state index < -0.39 is 0 Å². The van der Waals surface area contributed by atoms with Crippen LogP contribution in [0.5, 0.6) is 5.75 Å². The standard InChI is InChI=1S/C27H22FN5O2/c28-23-8-4-21(5-9-23)19-35-24-10-6-20(7-11-24)17-32(18-22-3-1-12-29-15-22)27(34)25-16-31-33-14-2-13-30-26(25)33/h1-16H,17-19H2. The summed E-state index contributed by atoms with van der Waals surface area (Å²) in [5.41, 5.74) is 3.70. The zero-order chi connectivity index (χ0) is 24.0. The van der Waals surface area contributed by atoms with Crippen molar-refractivity contribution in [3.8, 4) is 5.75 Å². The van der Waals surface area contributed by atoms with Crippen molar-refractivity contribution in [2.75, 3.05) is 0 Å². The van der Waals surface area contributed by atoms with Gasteiger partial charge in [-0.15, -0.1) is 0 Å². The molecule has 1 amide bonds. The Kier molecular flexibility index (Phi) is 6.43. The number of carbonyl (C=O) groups excluding carboxylic acids is 1. The molecule has 0 aliphatic carbocycles. The van der Waals surface area contributed by atoms with Crippen LogP contribution in [0.25, 0.3) is 5.65 Å². The number of aromatic nitrogens is 4. The second-order valence-electron chi connectivity index (χ2n) is 8.03. The van der Waals surface area contributed by atoms with Crippen molar-refractivity contribution in [2.45, 2.75) is 19.7 Å². The van der Waals surface area contributed by atoms with Gasteiger partial charge in [-0.3, -0.25) is 9.78 Å². The molecule has 0 aliphatic rings. The third-order valence-corrected chi connectivity index (χ3v) is 5.51. The molecule has 3 aromatic heterocycles. The van der Waals surface area contributed by atoms with Crippen molar-refractivity contribution in [2.24, 2.45) is 0 Å². The molecule has 7 nitrogen and oxygen atoms in total. The first-order valence-electron chi connectivity index (χ1n) is 11.1. The van der Waals surface area contributed by atoms with Crippen molar-refractivity contribution in [1.82, 2.24) is 24.5 Å². The van der Waals surface area contributed by atoms with Crippen molar-refractivity contribution >= 4 is 11.6 Å². The van der Waals surface area contributed by atoms with E-state index in [1.165, 1.54) is 12.1 Å². The molecule has 0 fully saturated rings. The third kappa shape index (κ3) is 5.33. The smallest absolute Gasteiger partial charge is 0.259 e. The van der Waals surface area contributed by atoms with Gasteiger partial charge in [0, 0.05) is 37.9 Å². The molecule has 5 aromatic rings. The normalized spacial score (nSPS) is 10.9. The molecule has 5 rings (SSSR count). The monoisotopic (exact) mass is 467 g/mol. The highest BCUT2D eigenvalue weighted by Crippen LogP contribution is 2.19. The quantitative estimate of drug-likeness (QED) is 0.331. The summed E-state index contributed by atoms with van der Waals surface area (Å²) in [5.74, 6) is 0.248. The lowest BCUT2D eigenvalue weighted by molar-refractivity contribution is 0.0731. The number of nitrogens with zero attached hydrogens (tertiary/aromatic N) is 5. The lowest BCUT2D eigenvalue weighted by Crippen LogP contribution is -2.30. The summed E-state index contributed by atoms with van der Waals surface area (Å²) in [6, 6.07) is 19.4. The van der Waals surface area contributed by atoms with Gasteiger partial charge < -0.3 is 9.64 Å². The van der Waals surface area contributed by atoms with Crippen LogP contribution >= 0.6 is 0 Å². The predicted molar refractivity (Wildman–Crippen MR) is 128 cm³/mol. The van der Waals surface area contributed by atoms with Gasteiger partial charge in [0.15, 0.2) is 5.65 Å².